The molecule has 4 aromatic rings. The number of H-pyrrole nitrogens is 1. The monoisotopic (exact) mass is 534 g/mol. The number of rotatable bonds is 9. The van der Waals surface area contributed by atoms with Crippen molar-refractivity contribution in [3.8, 4) is 17.9 Å². The van der Waals surface area contributed by atoms with Gasteiger partial charge in [-0.2, -0.15) is 10.5 Å². The van der Waals surface area contributed by atoms with Gasteiger partial charge in [-0.05, 0) is 65.8 Å². The van der Waals surface area contributed by atoms with Crippen LogP contribution in [-0.2, 0) is 0 Å². The first-order valence-electron chi connectivity index (χ1n) is 13.4. The first-order chi connectivity index (χ1) is 19.0. The molecule has 0 unspecified atom stereocenters. The summed E-state index contributed by atoms with van der Waals surface area (Å²) >= 11 is 6.99. The molecule has 0 saturated carbocycles. The average molecular weight is 535 g/mol. The maximum absolute atomic E-state index is 9.96. The number of para-hydroxylation sites is 1. The van der Waals surface area contributed by atoms with Crippen molar-refractivity contribution < 1.29 is 4.74 Å². The van der Waals surface area contributed by atoms with E-state index >= 15 is 0 Å². The van der Waals surface area contributed by atoms with Crippen LogP contribution in [0.4, 0.5) is 0 Å². The highest BCUT2D eigenvalue weighted by Gasteiger charge is 2.26. The van der Waals surface area contributed by atoms with E-state index in [0.717, 1.165) is 76.2 Å². The number of aromatic amines is 1. The second kappa shape index (κ2) is 11.8. The largest absolute Gasteiger partial charge is 0.492 e. The third-order valence-corrected chi connectivity index (χ3v) is 7.79. The number of nitrogens with one attached hydrogen (secondary N) is 1. The van der Waals surface area contributed by atoms with Crippen LogP contribution in [0, 0.1) is 35.5 Å². The lowest BCUT2D eigenvalue weighted by Crippen LogP contribution is -2.47. The molecule has 0 bridgehead atoms. The minimum atomic E-state index is 0.499. The lowest BCUT2D eigenvalue weighted by Gasteiger charge is -2.37. The zero-order chi connectivity index (χ0) is 27.4. The second-order valence-electron chi connectivity index (χ2n) is 10.1. The van der Waals surface area contributed by atoms with Crippen LogP contribution in [-0.4, -0.2) is 36.1 Å². The Morgan fingerprint density at radius 3 is 2.54 bits per heavy atom. The topological polar surface area (TPSA) is 75.8 Å². The first kappa shape index (κ1) is 26.6. The summed E-state index contributed by atoms with van der Waals surface area (Å²) in [5.41, 5.74) is 7.47. The Labute approximate surface area is 234 Å². The lowest BCUT2D eigenvalue weighted by molar-refractivity contribution is 0.0854. The molecule has 0 radical (unpaired) electrons. The van der Waals surface area contributed by atoms with Gasteiger partial charge in [0.05, 0.1) is 28.4 Å². The van der Waals surface area contributed by atoms with E-state index in [1.807, 2.05) is 61.5 Å². The molecule has 0 spiro atoms. The van der Waals surface area contributed by atoms with E-state index < -0.39 is 0 Å². The summed E-state index contributed by atoms with van der Waals surface area (Å²) in [6.07, 6.45) is 1.35. The molecule has 196 valence electrons. The van der Waals surface area contributed by atoms with Crippen molar-refractivity contribution in [2.45, 2.75) is 26.7 Å². The number of hydrogen-bond donors (Lipinski definition) is 1. The second-order valence-corrected chi connectivity index (χ2v) is 10.5. The Balaban J connectivity index is 1.50. The van der Waals surface area contributed by atoms with Crippen LogP contribution in [0.3, 0.4) is 0 Å². The number of hydrogen-bond acceptors (Lipinski definition) is 4. The van der Waals surface area contributed by atoms with E-state index in [1.165, 1.54) is 0 Å². The van der Waals surface area contributed by atoms with Gasteiger partial charge < -0.3 is 9.72 Å². The Kier molecular flexibility index (Phi) is 8.03. The molecule has 0 aliphatic carbocycles. The van der Waals surface area contributed by atoms with Gasteiger partial charge in [-0.1, -0.05) is 61.0 Å². The number of fused-ring (bicyclic) bond motifs is 1. The van der Waals surface area contributed by atoms with Crippen molar-refractivity contribution >= 4 is 33.7 Å². The van der Waals surface area contributed by atoms with Gasteiger partial charge in [-0.3, -0.25) is 4.90 Å². The van der Waals surface area contributed by atoms with Gasteiger partial charge in [0.25, 0.3) is 0 Å². The average Bonchev–Trinajstić information content (AvgIpc) is 3.26. The number of nitriles is 2. The molecule has 39 heavy (non-hydrogen) atoms. The number of halogens is 1. The fraction of sp³-hybridized carbons (Fsp3) is 0.273. The SMILES string of the molecule is CC/C(=C(/c1ccc(OCCN2CC(CC#N)C2)cc1)c1[nH]c2ccccc2c1Cl)c1ccc(C)cc1C#N. The zero-order valence-corrected chi connectivity index (χ0v) is 23.1. The van der Waals surface area contributed by atoms with Crippen LogP contribution in [0.25, 0.3) is 22.0 Å². The summed E-state index contributed by atoms with van der Waals surface area (Å²) in [4.78, 5) is 5.87. The van der Waals surface area contributed by atoms with Gasteiger partial charge in [-0.25, -0.2) is 0 Å². The standard InChI is InChI=1S/C33H31ClN4O/c1-3-27(28-13-8-22(2)18-25(28)19-36)31(33-32(34)29-6-4-5-7-30(29)37-33)24-9-11-26(12-10-24)39-17-16-38-20-23(21-38)14-15-35/h4-13,18,23,37H,3,14,16-17,20-21H2,1-2H3/b31-27+. The number of ether oxygens (including phenoxy) is 1. The van der Waals surface area contributed by atoms with Gasteiger partial charge in [0.2, 0.25) is 0 Å². The van der Waals surface area contributed by atoms with Crippen molar-refractivity contribution in [1.82, 2.24) is 9.88 Å². The van der Waals surface area contributed by atoms with Crippen molar-refractivity contribution in [1.29, 1.82) is 10.5 Å². The molecule has 1 fully saturated rings. The van der Waals surface area contributed by atoms with E-state index in [4.69, 9.17) is 21.6 Å². The number of allylic oxidation sites excluding steroid dienone is 1. The maximum atomic E-state index is 9.96. The molecule has 1 saturated heterocycles. The molecule has 1 N–H and O–H groups in total. The Hall–Kier alpha value is -4.03. The zero-order valence-electron chi connectivity index (χ0n) is 22.3. The van der Waals surface area contributed by atoms with E-state index in [0.29, 0.717) is 29.5 Å². The molecule has 5 nitrogen and oxygen atoms in total. The van der Waals surface area contributed by atoms with E-state index in [-0.39, 0.29) is 0 Å². The Bertz CT molecular complexity index is 1600. The maximum Gasteiger partial charge on any atom is 0.119 e. The lowest BCUT2D eigenvalue weighted by atomic mass is 9.88. The van der Waals surface area contributed by atoms with E-state index in [1.54, 1.807) is 0 Å². The van der Waals surface area contributed by atoms with Gasteiger partial charge in [-0.15, -0.1) is 0 Å². The molecule has 1 aromatic heterocycles. The number of likely N-dealkylation sites (tertiary alicyclic amines) is 1. The Morgan fingerprint density at radius 2 is 1.85 bits per heavy atom. The van der Waals surface area contributed by atoms with Crippen molar-refractivity contribution in [3.63, 3.8) is 0 Å². The van der Waals surface area contributed by atoms with Crippen molar-refractivity contribution in [2.75, 3.05) is 26.2 Å². The van der Waals surface area contributed by atoms with Crippen LogP contribution < -0.4 is 4.74 Å². The van der Waals surface area contributed by atoms with Crippen molar-refractivity contribution in [2.24, 2.45) is 5.92 Å². The molecule has 5 rings (SSSR count). The van der Waals surface area contributed by atoms with E-state index in [9.17, 15) is 5.26 Å². The highest BCUT2D eigenvalue weighted by Crippen LogP contribution is 2.41. The summed E-state index contributed by atoms with van der Waals surface area (Å²) in [5.74, 6) is 1.31. The molecule has 6 heteroatoms. The van der Waals surface area contributed by atoms with Crippen LogP contribution in [0.15, 0.2) is 66.7 Å². The van der Waals surface area contributed by atoms with E-state index in [2.05, 4.69) is 41.1 Å². The minimum absolute atomic E-state index is 0.499. The molecule has 1 aliphatic rings. The number of aryl methyl sites for hydroxylation is 1. The van der Waals surface area contributed by atoms with Crippen LogP contribution in [0.5, 0.6) is 5.75 Å². The third kappa shape index (κ3) is 5.57. The normalized spacial score (nSPS) is 14.4. The van der Waals surface area contributed by atoms with Crippen LogP contribution in [0.2, 0.25) is 5.02 Å². The highest BCUT2D eigenvalue weighted by molar-refractivity contribution is 6.38. The third-order valence-electron chi connectivity index (χ3n) is 7.40. The smallest absolute Gasteiger partial charge is 0.119 e. The predicted molar refractivity (Wildman–Crippen MR) is 158 cm³/mol. The van der Waals surface area contributed by atoms with Crippen LogP contribution >= 0.6 is 11.6 Å². The van der Waals surface area contributed by atoms with Crippen molar-refractivity contribution in [3.05, 3.63) is 99.7 Å². The molecule has 3 aromatic carbocycles. The summed E-state index contributed by atoms with van der Waals surface area (Å²) < 4.78 is 6.04. The van der Waals surface area contributed by atoms with Gasteiger partial charge in [0.15, 0.2) is 0 Å². The number of benzene rings is 3. The van der Waals surface area contributed by atoms with Gasteiger partial charge in [0, 0.05) is 42.5 Å². The van der Waals surface area contributed by atoms with Crippen LogP contribution in [0.1, 0.15) is 47.7 Å². The first-order valence-corrected chi connectivity index (χ1v) is 13.7. The van der Waals surface area contributed by atoms with Gasteiger partial charge >= 0.3 is 0 Å². The minimum Gasteiger partial charge on any atom is -0.492 e. The summed E-state index contributed by atoms with van der Waals surface area (Å²) in [6.45, 7) is 7.51. The molecular formula is C33H31ClN4O. The number of nitrogens with zero attached hydrogens (tertiary/aromatic N) is 3. The summed E-state index contributed by atoms with van der Waals surface area (Å²) in [5, 5.41) is 20.4. The van der Waals surface area contributed by atoms with Gasteiger partial charge in [0.1, 0.15) is 12.4 Å². The molecule has 0 amide bonds. The molecule has 0 atom stereocenters. The summed E-state index contributed by atoms with van der Waals surface area (Å²) in [7, 11) is 0. The Morgan fingerprint density at radius 1 is 1.08 bits per heavy atom. The number of aromatic nitrogens is 1. The molecule has 1 aliphatic heterocycles. The quantitative estimate of drug-likeness (QED) is 0.224. The fourth-order valence-corrected chi connectivity index (χ4v) is 5.70. The highest BCUT2D eigenvalue weighted by atomic mass is 35.5. The molecular weight excluding hydrogens is 504 g/mol. The fourth-order valence-electron chi connectivity index (χ4n) is 5.39. The summed E-state index contributed by atoms with van der Waals surface area (Å²) in [6, 6.07) is 26.8. The molecule has 2 heterocycles. The predicted octanol–water partition coefficient (Wildman–Crippen LogP) is 7.59.